The van der Waals surface area contributed by atoms with Crippen LogP contribution in [-0.4, -0.2) is 53.5 Å². The molecule has 32 heavy (non-hydrogen) atoms. The minimum Gasteiger partial charge on any atom is -0.462 e. The number of ether oxygens (including phenoxy) is 4. The third kappa shape index (κ3) is 6.60. The van der Waals surface area contributed by atoms with Crippen molar-refractivity contribution in [2.75, 3.05) is 6.61 Å². The number of hydrogen-bond donors (Lipinski definition) is 2. The molecule has 0 spiro atoms. The number of hydrogen-bond acceptors (Lipinski definition) is 7. The van der Waals surface area contributed by atoms with Crippen LogP contribution in [0.1, 0.15) is 31.9 Å². The molecule has 0 saturated carbocycles. The van der Waals surface area contributed by atoms with Gasteiger partial charge in [0.25, 0.3) is 0 Å². The first-order valence-electron chi connectivity index (χ1n) is 10.8. The second-order valence-corrected chi connectivity index (χ2v) is 8.93. The van der Waals surface area contributed by atoms with Crippen LogP contribution in [0.4, 0.5) is 0 Å². The van der Waals surface area contributed by atoms with Gasteiger partial charge < -0.3 is 29.2 Å². The third-order valence-electron chi connectivity index (χ3n) is 5.19. The molecule has 0 aliphatic carbocycles. The van der Waals surface area contributed by atoms with Crippen molar-refractivity contribution < 1.29 is 34.0 Å². The highest BCUT2D eigenvalue weighted by Crippen LogP contribution is 2.28. The lowest BCUT2D eigenvalue weighted by Gasteiger charge is -2.42. The molecule has 2 aromatic carbocycles. The van der Waals surface area contributed by atoms with Crippen LogP contribution >= 0.6 is 0 Å². The molecule has 0 bridgehead atoms. The van der Waals surface area contributed by atoms with Gasteiger partial charge in [0.05, 0.1) is 18.6 Å². The number of carbonyl (C=O) groups is 1. The molecule has 174 valence electrons. The Balaban J connectivity index is 1.76. The maximum Gasteiger partial charge on any atom is 0.311 e. The number of rotatable bonds is 8. The molecule has 2 aromatic rings. The summed E-state index contributed by atoms with van der Waals surface area (Å²) in [4.78, 5) is 12.3. The molecule has 7 heteroatoms. The van der Waals surface area contributed by atoms with Crippen LogP contribution in [0, 0.1) is 5.41 Å². The smallest absolute Gasteiger partial charge is 0.311 e. The van der Waals surface area contributed by atoms with Crippen molar-refractivity contribution in [1.82, 2.24) is 0 Å². The highest BCUT2D eigenvalue weighted by molar-refractivity contribution is 5.75. The normalized spacial score (nSPS) is 26.0. The minimum atomic E-state index is -1.49. The quantitative estimate of drug-likeness (QED) is 0.605. The van der Waals surface area contributed by atoms with E-state index >= 15 is 0 Å². The summed E-state index contributed by atoms with van der Waals surface area (Å²) >= 11 is 0. The van der Waals surface area contributed by atoms with Gasteiger partial charge in [-0.2, -0.15) is 0 Å². The topological polar surface area (TPSA) is 94.5 Å². The Kier molecular flexibility index (Phi) is 8.39. The second-order valence-electron chi connectivity index (χ2n) is 8.93. The molecule has 1 fully saturated rings. The molecule has 0 amide bonds. The molecule has 1 aliphatic rings. The van der Waals surface area contributed by atoms with Crippen LogP contribution in [0.2, 0.25) is 0 Å². The molecule has 0 unspecified atom stereocenters. The Morgan fingerprint density at radius 1 is 0.875 bits per heavy atom. The van der Waals surface area contributed by atoms with Crippen molar-refractivity contribution >= 4 is 5.97 Å². The zero-order valence-electron chi connectivity index (χ0n) is 18.7. The fourth-order valence-corrected chi connectivity index (χ4v) is 3.34. The fourth-order valence-electron chi connectivity index (χ4n) is 3.34. The van der Waals surface area contributed by atoms with Crippen LogP contribution in [-0.2, 0) is 37.0 Å². The van der Waals surface area contributed by atoms with E-state index in [1.165, 1.54) is 0 Å². The standard InChI is InChI=1S/C25H32O7/c1-25(2,3)24(28)31-16-19-21(29-14-17-10-6-4-7-11-17)22(20(26)23(27)32-19)30-15-18-12-8-5-9-13-18/h4-13,19-23,26-27H,14-16H2,1-3H3/t19-,20+,21-,22-,23+/m1/s1. The first kappa shape index (κ1) is 24.4. The predicted octanol–water partition coefficient (Wildman–Crippen LogP) is 2.82. The Labute approximate surface area is 188 Å². The molecular formula is C25H32O7. The van der Waals surface area contributed by atoms with Gasteiger partial charge in [0.2, 0.25) is 0 Å². The van der Waals surface area contributed by atoms with Crippen molar-refractivity contribution in [3.63, 3.8) is 0 Å². The van der Waals surface area contributed by atoms with E-state index in [4.69, 9.17) is 18.9 Å². The van der Waals surface area contributed by atoms with Crippen LogP contribution < -0.4 is 0 Å². The zero-order valence-corrected chi connectivity index (χ0v) is 18.7. The summed E-state index contributed by atoms with van der Waals surface area (Å²) in [5.41, 5.74) is 1.16. The Bertz CT molecular complexity index is 834. The summed E-state index contributed by atoms with van der Waals surface area (Å²) in [5, 5.41) is 20.9. The summed E-state index contributed by atoms with van der Waals surface area (Å²) in [5.74, 6) is -0.398. The number of esters is 1. The third-order valence-corrected chi connectivity index (χ3v) is 5.19. The minimum absolute atomic E-state index is 0.134. The van der Waals surface area contributed by atoms with Crippen molar-refractivity contribution in [2.45, 2.75) is 64.7 Å². The van der Waals surface area contributed by atoms with E-state index in [9.17, 15) is 15.0 Å². The maximum absolute atomic E-state index is 12.3. The van der Waals surface area contributed by atoms with E-state index in [0.29, 0.717) is 0 Å². The highest BCUT2D eigenvalue weighted by atomic mass is 16.7. The van der Waals surface area contributed by atoms with Crippen LogP contribution in [0.15, 0.2) is 60.7 Å². The van der Waals surface area contributed by atoms with E-state index in [0.717, 1.165) is 11.1 Å². The van der Waals surface area contributed by atoms with E-state index in [-0.39, 0.29) is 19.8 Å². The zero-order chi connectivity index (χ0) is 23.1. The molecular weight excluding hydrogens is 412 g/mol. The molecule has 7 nitrogen and oxygen atoms in total. The number of aliphatic hydroxyl groups is 2. The number of carbonyl (C=O) groups excluding carboxylic acids is 1. The van der Waals surface area contributed by atoms with Gasteiger partial charge in [-0.3, -0.25) is 4.79 Å². The summed E-state index contributed by atoms with van der Waals surface area (Å²) in [6.07, 6.45) is -5.30. The summed E-state index contributed by atoms with van der Waals surface area (Å²) < 4.78 is 23.1. The molecule has 0 radical (unpaired) electrons. The molecule has 2 N–H and O–H groups in total. The molecule has 1 heterocycles. The average Bonchev–Trinajstić information content (AvgIpc) is 2.78. The van der Waals surface area contributed by atoms with Gasteiger partial charge in [0, 0.05) is 0 Å². The van der Waals surface area contributed by atoms with Crippen molar-refractivity contribution in [3.05, 3.63) is 71.8 Å². The molecule has 5 atom stereocenters. The van der Waals surface area contributed by atoms with Crippen molar-refractivity contribution in [1.29, 1.82) is 0 Å². The van der Waals surface area contributed by atoms with Crippen LogP contribution in [0.3, 0.4) is 0 Å². The summed E-state index contributed by atoms with van der Waals surface area (Å²) in [7, 11) is 0. The van der Waals surface area contributed by atoms with Gasteiger partial charge >= 0.3 is 5.97 Å². The Hall–Kier alpha value is -2.29. The number of aliphatic hydroxyl groups excluding tert-OH is 2. The van der Waals surface area contributed by atoms with E-state index < -0.39 is 42.1 Å². The fraction of sp³-hybridized carbons (Fsp3) is 0.480. The average molecular weight is 445 g/mol. The first-order valence-corrected chi connectivity index (χ1v) is 10.8. The lowest BCUT2D eigenvalue weighted by atomic mass is 9.96. The molecule has 3 rings (SSSR count). The molecule has 1 saturated heterocycles. The highest BCUT2D eigenvalue weighted by Gasteiger charge is 2.47. The largest absolute Gasteiger partial charge is 0.462 e. The number of benzene rings is 2. The SMILES string of the molecule is CC(C)(C)C(=O)OC[C@H]1O[C@H](O)[C@@H](O)[C@@H](OCc2ccccc2)[C@@H]1OCc1ccccc1. The van der Waals surface area contributed by atoms with Gasteiger partial charge in [0.1, 0.15) is 31.0 Å². The second kappa shape index (κ2) is 11.0. The van der Waals surface area contributed by atoms with Gasteiger partial charge in [-0.15, -0.1) is 0 Å². The molecule has 0 aromatic heterocycles. The molecule has 1 aliphatic heterocycles. The van der Waals surface area contributed by atoms with Gasteiger partial charge in [0.15, 0.2) is 6.29 Å². The van der Waals surface area contributed by atoms with Crippen molar-refractivity contribution in [3.8, 4) is 0 Å². The lowest BCUT2D eigenvalue weighted by molar-refractivity contribution is -0.306. The van der Waals surface area contributed by atoms with Crippen LogP contribution in [0.5, 0.6) is 0 Å². The lowest BCUT2D eigenvalue weighted by Crippen LogP contribution is -2.60. The summed E-state index contributed by atoms with van der Waals surface area (Å²) in [6, 6.07) is 19.1. The van der Waals surface area contributed by atoms with Gasteiger partial charge in [-0.1, -0.05) is 60.7 Å². The Morgan fingerprint density at radius 3 is 1.88 bits per heavy atom. The first-order chi connectivity index (χ1) is 15.3. The van der Waals surface area contributed by atoms with Crippen LogP contribution in [0.25, 0.3) is 0 Å². The van der Waals surface area contributed by atoms with Gasteiger partial charge in [-0.05, 0) is 31.9 Å². The predicted molar refractivity (Wildman–Crippen MR) is 117 cm³/mol. The summed E-state index contributed by atoms with van der Waals surface area (Å²) in [6.45, 7) is 5.59. The van der Waals surface area contributed by atoms with Gasteiger partial charge in [-0.25, -0.2) is 0 Å². The maximum atomic E-state index is 12.3. The van der Waals surface area contributed by atoms with E-state index in [1.54, 1.807) is 20.8 Å². The monoisotopic (exact) mass is 444 g/mol. The van der Waals surface area contributed by atoms with Crippen molar-refractivity contribution in [2.24, 2.45) is 5.41 Å². The van der Waals surface area contributed by atoms with E-state index in [1.807, 2.05) is 60.7 Å². The Morgan fingerprint density at radius 2 is 1.38 bits per heavy atom. The van der Waals surface area contributed by atoms with E-state index in [2.05, 4.69) is 0 Å².